The van der Waals surface area contributed by atoms with Gasteiger partial charge in [0, 0.05) is 4.47 Å². The van der Waals surface area contributed by atoms with Crippen LogP contribution in [0.25, 0.3) is 0 Å². The number of rotatable bonds is 3. The molecule has 0 radical (unpaired) electrons. The number of halogens is 1. The highest BCUT2D eigenvalue weighted by atomic mass is 79.9. The molecule has 0 saturated heterocycles. The third-order valence-electron chi connectivity index (χ3n) is 2.16. The van der Waals surface area contributed by atoms with E-state index >= 15 is 0 Å². The fraction of sp³-hybridized carbons (Fsp3) is 0.200. The van der Waals surface area contributed by atoms with Gasteiger partial charge < -0.3 is 5.73 Å². The maximum atomic E-state index is 6.02. The van der Waals surface area contributed by atoms with Gasteiger partial charge in [0.1, 0.15) is 0 Å². The molecule has 0 aliphatic carbocycles. The molecule has 1 atom stereocenters. The topological polar surface area (TPSA) is 51.8 Å². The van der Waals surface area contributed by atoms with E-state index in [0.717, 1.165) is 16.6 Å². The molecule has 0 aliphatic rings. The van der Waals surface area contributed by atoms with Gasteiger partial charge in [-0.2, -0.15) is 8.75 Å². The highest BCUT2D eigenvalue weighted by Crippen LogP contribution is 2.21. The van der Waals surface area contributed by atoms with Crippen LogP contribution in [0, 0.1) is 0 Å². The van der Waals surface area contributed by atoms with Crippen molar-refractivity contribution >= 4 is 27.7 Å². The van der Waals surface area contributed by atoms with Crippen LogP contribution in [0.15, 0.2) is 34.9 Å². The molecule has 15 heavy (non-hydrogen) atoms. The first-order chi connectivity index (χ1) is 7.27. The molecular formula is C10H10BrN3S. The van der Waals surface area contributed by atoms with Gasteiger partial charge in [0.05, 0.1) is 29.7 Å². The van der Waals surface area contributed by atoms with E-state index < -0.39 is 0 Å². The van der Waals surface area contributed by atoms with Crippen molar-refractivity contribution in [3.63, 3.8) is 0 Å². The average molecular weight is 284 g/mol. The Bertz CT molecular complexity index is 430. The second-order valence-corrected chi connectivity index (χ2v) is 4.65. The zero-order chi connectivity index (χ0) is 10.7. The normalized spacial score (nSPS) is 12.7. The van der Waals surface area contributed by atoms with Gasteiger partial charge in [0.25, 0.3) is 0 Å². The van der Waals surface area contributed by atoms with Crippen molar-refractivity contribution in [3.05, 3.63) is 46.2 Å². The van der Waals surface area contributed by atoms with Crippen molar-refractivity contribution < 1.29 is 0 Å². The lowest BCUT2D eigenvalue weighted by molar-refractivity contribution is 0.702. The van der Waals surface area contributed by atoms with Crippen molar-refractivity contribution in [1.82, 2.24) is 8.75 Å². The molecule has 0 saturated carbocycles. The molecule has 5 heteroatoms. The van der Waals surface area contributed by atoms with Gasteiger partial charge in [-0.3, -0.25) is 0 Å². The van der Waals surface area contributed by atoms with Crippen LogP contribution in [0.1, 0.15) is 17.3 Å². The molecule has 1 heterocycles. The molecule has 1 unspecified atom stereocenters. The Morgan fingerprint density at radius 1 is 1.40 bits per heavy atom. The molecule has 3 nitrogen and oxygen atoms in total. The van der Waals surface area contributed by atoms with E-state index in [0.29, 0.717) is 0 Å². The molecule has 2 N–H and O–H groups in total. The van der Waals surface area contributed by atoms with Crippen LogP contribution in [0.5, 0.6) is 0 Å². The smallest absolute Gasteiger partial charge is 0.0913 e. The van der Waals surface area contributed by atoms with Crippen LogP contribution in [-0.4, -0.2) is 8.75 Å². The van der Waals surface area contributed by atoms with Crippen LogP contribution >= 0.6 is 27.7 Å². The molecule has 0 bridgehead atoms. The molecule has 0 amide bonds. The summed E-state index contributed by atoms with van der Waals surface area (Å²) >= 11 is 4.69. The Kier molecular flexibility index (Phi) is 3.45. The van der Waals surface area contributed by atoms with Crippen LogP contribution in [-0.2, 0) is 6.42 Å². The van der Waals surface area contributed by atoms with Gasteiger partial charge in [0.15, 0.2) is 0 Å². The quantitative estimate of drug-likeness (QED) is 0.942. The Balaban J connectivity index is 2.13. The first kappa shape index (κ1) is 10.7. The molecule has 2 aromatic rings. The number of nitrogens with zero attached hydrogens (tertiary/aromatic N) is 2. The van der Waals surface area contributed by atoms with Crippen molar-refractivity contribution in [3.8, 4) is 0 Å². The lowest BCUT2D eigenvalue weighted by Gasteiger charge is -2.09. The molecule has 0 aliphatic heterocycles. The average Bonchev–Trinajstić information content (AvgIpc) is 2.74. The zero-order valence-corrected chi connectivity index (χ0v) is 10.3. The van der Waals surface area contributed by atoms with Gasteiger partial charge in [-0.15, -0.1) is 0 Å². The zero-order valence-electron chi connectivity index (χ0n) is 7.93. The maximum absolute atomic E-state index is 6.02. The monoisotopic (exact) mass is 283 g/mol. The van der Waals surface area contributed by atoms with Gasteiger partial charge in [-0.1, -0.05) is 34.1 Å². The molecule has 1 aromatic carbocycles. The minimum absolute atomic E-state index is 0.0811. The minimum atomic E-state index is -0.0811. The summed E-state index contributed by atoms with van der Waals surface area (Å²) in [4.78, 5) is 0. The van der Waals surface area contributed by atoms with Crippen molar-refractivity contribution in [2.24, 2.45) is 5.73 Å². The molecule has 1 aromatic heterocycles. The first-order valence-corrected chi connectivity index (χ1v) is 6.06. The summed E-state index contributed by atoms with van der Waals surface area (Å²) in [7, 11) is 0. The highest BCUT2D eigenvalue weighted by molar-refractivity contribution is 9.10. The standard InChI is InChI=1S/C10H10BrN3S/c11-8-4-2-1-3-7(8)5-9(12)10-6-13-15-14-10/h1-4,6,9H,5,12H2. The third kappa shape index (κ3) is 2.62. The molecule has 0 fully saturated rings. The number of nitrogens with two attached hydrogens (primary N) is 1. The fourth-order valence-electron chi connectivity index (χ4n) is 1.34. The molecular weight excluding hydrogens is 274 g/mol. The maximum Gasteiger partial charge on any atom is 0.0913 e. The van der Waals surface area contributed by atoms with Crippen LogP contribution in [0.4, 0.5) is 0 Å². The van der Waals surface area contributed by atoms with Crippen LogP contribution < -0.4 is 5.73 Å². The Labute approximate surface area is 101 Å². The van der Waals surface area contributed by atoms with Gasteiger partial charge in [-0.05, 0) is 18.1 Å². The van der Waals surface area contributed by atoms with Crippen LogP contribution in [0.2, 0.25) is 0 Å². The Morgan fingerprint density at radius 2 is 2.20 bits per heavy atom. The second-order valence-electron chi connectivity index (χ2n) is 3.23. The Hall–Kier alpha value is -0.780. The van der Waals surface area contributed by atoms with E-state index in [4.69, 9.17) is 5.73 Å². The lowest BCUT2D eigenvalue weighted by atomic mass is 10.1. The SMILES string of the molecule is NC(Cc1ccccc1Br)c1cnsn1. The number of hydrogen-bond acceptors (Lipinski definition) is 4. The highest BCUT2D eigenvalue weighted by Gasteiger charge is 2.11. The minimum Gasteiger partial charge on any atom is -0.322 e. The van der Waals surface area contributed by atoms with E-state index in [-0.39, 0.29) is 6.04 Å². The van der Waals surface area contributed by atoms with E-state index in [1.54, 1.807) is 6.20 Å². The van der Waals surface area contributed by atoms with Gasteiger partial charge in [0.2, 0.25) is 0 Å². The summed E-state index contributed by atoms with van der Waals surface area (Å²) in [6, 6.07) is 7.99. The van der Waals surface area contributed by atoms with Gasteiger partial charge in [-0.25, -0.2) is 0 Å². The summed E-state index contributed by atoms with van der Waals surface area (Å²) in [5, 5.41) is 0. The summed E-state index contributed by atoms with van der Waals surface area (Å²) in [5.74, 6) is 0. The van der Waals surface area contributed by atoms with Crippen LogP contribution in [0.3, 0.4) is 0 Å². The van der Waals surface area contributed by atoms with E-state index in [1.807, 2.05) is 18.2 Å². The molecule has 0 spiro atoms. The molecule has 2 rings (SSSR count). The predicted molar refractivity (Wildman–Crippen MR) is 64.7 cm³/mol. The van der Waals surface area contributed by atoms with Crippen molar-refractivity contribution in [2.45, 2.75) is 12.5 Å². The van der Waals surface area contributed by atoms with Crippen molar-refractivity contribution in [2.75, 3.05) is 0 Å². The summed E-state index contributed by atoms with van der Waals surface area (Å²) < 4.78 is 9.17. The number of hydrogen-bond donors (Lipinski definition) is 1. The van der Waals surface area contributed by atoms with E-state index in [1.165, 1.54) is 17.3 Å². The third-order valence-corrected chi connectivity index (χ3v) is 3.42. The molecule has 78 valence electrons. The number of aromatic nitrogens is 2. The van der Waals surface area contributed by atoms with Gasteiger partial charge >= 0.3 is 0 Å². The second kappa shape index (κ2) is 4.83. The predicted octanol–water partition coefficient (Wildman–Crippen LogP) is 2.54. The van der Waals surface area contributed by atoms with E-state index in [9.17, 15) is 0 Å². The lowest BCUT2D eigenvalue weighted by Crippen LogP contribution is -2.13. The Morgan fingerprint density at radius 3 is 2.87 bits per heavy atom. The summed E-state index contributed by atoms with van der Waals surface area (Å²) in [5.41, 5.74) is 8.07. The largest absolute Gasteiger partial charge is 0.322 e. The van der Waals surface area contributed by atoms with Crippen molar-refractivity contribution in [1.29, 1.82) is 0 Å². The van der Waals surface area contributed by atoms with E-state index in [2.05, 4.69) is 30.7 Å². The fourth-order valence-corrected chi connectivity index (χ4v) is 2.27. The summed E-state index contributed by atoms with van der Waals surface area (Å²) in [6.07, 6.45) is 2.50. The number of benzene rings is 1. The summed E-state index contributed by atoms with van der Waals surface area (Å²) in [6.45, 7) is 0. The first-order valence-electron chi connectivity index (χ1n) is 4.54.